The summed E-state index contributed by atoms with van der Waals surface area (Å²) >= 11 is 0. The minimum atomic E-state index is 0.0129. The van der Waals surface area contributed by atoms with E-state index in [1.807, 2.05) is 0 Å². The zero-order valence-electron chi connectivity index (χ0n) is 25.0. The molecule has 0 aromatic rings. The standard InChI is InChI=1S/C34H66O2/c1-3-5-7-9-11-13-15-17-18-19-21-23-25-27-29-31-33-36-34(35)32-30-28-26-24-22-20-16-14-12-10-8-6-4-2/h21,23H,3-20,22,24-33H2,1-2H3/b23-21-. The minimum Gasteiger partial charge on any atom is -0.466 e. The Morgan fingerprint density at radius 3 is 1.19 bits per heavy atom. The Kier molecular flexibility index (Phi) is 31.5. The molecule has 214 valence electrons. The van der Waals surface area contributed by atoms with Crippen molar-refractivity contribution in [2.75, 3.05) is 6.61 Å². The lowest BCUT2D eigenvalue weighted by Gasteiger charge is -2.05. The SMILES string of the molecule is CCCCCCCCCCC/C=C\CCCCCOC(=O)CCCCCCCCCCCCCCC. The maximum Gasteiger partial charge on any atom is 0.305 e. The summed E-state index contributed by atoms with van der Waals surface area (Å²) in [5, 5.41) is 0. The summed E-state index contributed by atoms with van der Waals surface area (Å²) < 4.78 is 5.41. The largest absolute Gasteiger partial charge is 0.466 e. The van der Waals surface area contributed by atoms with E-state index in [9.17, 15) is 4.79 Å². The van der Waals surface area contributed by atoms with Gasteiger partial charge in [0.25, 0.3) is 0 Å². The number of hydrogen-bond donors (Lipinski definition) is 0. The third-order valence-electron chi connectivity index (χ3n) is 7.40. The van der Waals surface area contributed by atoms with Crippen LogP contribution in [0.25, 0.3) is 0 Å². The predicted octanol–water partition coefficient (Wildman–Crippen LogP) is 12.0. The molecule has 2 nitrogen and oxygen atoms in total. The van der Waals surface area contributed by atoms with Crippen LogP contribution in [-0.4, -0.2) is 12.6 Å². The quantitative estimate of drug-likeness (QED) is 0.0550. The van der Waals surface area contributed by atoms with Crippen LogP contribution in [0.15, 0.2) is 12.2 Å². The molecular weight excluding hydrogens is 440 g/mol. The van der Waals surface area contributed by atoms with Gasteiger partial charge >= 0.3 is 5.97 Å². The molecule has 0 heterocycles. The molecule has 0 aromatic heterocycles. The summed E-state index contributed by atoms with van der Waals surface area (Å²) in [6, 6.07) is 0. The van der Waals surface area contributed by atoms with Crippen LogP contribution in [0.3, 0.4) is 0 Å². The summed E-state index contributed by atoms with van der Waals surface area (Å²) in [4.78, 5) is 11.9. The van der Waals surface area contributed by atoms with Gasteiger partial charge < -0.3 is 4.74 Å². The van der Waals surface area contributed by atoms with Gasteiger partial charge in [0.1, 0.15) is 0 Å². The van der Waals surface area contributed by atoms with E-state index < -0.39 is 0 Å². The molecule has 0 aliphatic rings. The van der Waals surface area contributed by atoms with Gasteiger partial charge in [0.15, 0.2) is 0 Å². The second-order valence-electron chi connectivity index (χ2n) is 11.2. The summed E-state index contributed by atoms with van der Waals surface area (Å²) in [5.74, 6) is 0.0129. The number of hydrogen-bond acceptors (Lipinski definition) is 2. The summed E-state index contributed by atoms with van der Waals surface area (Å²) in [6.07, 6.45) is 41.2. The highest BCUT2D eigenvalue weighted by molar-refractivity contribution is 5.69. The summed E-state index contributed by atoms with van der Waals surface area (Å²) in [5.41, 5.74) is 0. The van der Waals surface area contributed by atoms with E-state index in [1.54, 1.807) is 0 Å². The number of carbonyl (C=O) groups excluding carboxylic acids is 1. The van der Waals surface area contributed by atoms with Gasteiger partial charge in [-0.2, -0.15) is 0 Å². The van der Waals surface area contributed by atoms with Gasteiger partial charge in [0.05, 0.1) is 6.61 Å². The molecular formula is C34H66O2. The van der Waals surface area contributed by atoms with Gasteiger partial charge in [-0.1, -0.05) is 154 Å². The molecule has 0 unspecified atom stereocenters. The Labute approximate surface area is 227 Å². The topological polar surface area (TPSA) is 26.3 Å². The molecule has 0 fully saturated rings. The molecule has 0 rings (SSSR count). The number of esters is 1. The highest BCUT2D eigenvalue weighted by atomic mass is 16.5. The van der Waals surface area contributed by atoms with Crippen molar-refractivity contribution in [3.8, 4) is 0 Å². The van der Waals surface area contributed by atoms with E-state index in [4.69, 9.17) is 4.74 Å². The molecule has 0 saturated heterocycles. The fraction of sp³-hybridized carbons (Fsp3) is 0.912. The second kappa shape index (κ2) is 32.2. The normalized spacial score (nSPS) is 11.5. The molecule has 0 amide bonds. The zero-order chi connectivity index (χ0) is 26.2. The van der Waals surface area contributed by atoms with Crippen molar-refractivity contribution in [3.05, 3.63) is 12.2 Å². The Hall–Kier alpha value is -0.790. The Balaban J connectivity index is 3.20. The highest BCUT2D eigenvalue weighted by Crippen LogP contribution is 2.14. The number of carbonyl (C=O) groups is 1. The molecule has 0 aliphatic carbocycles. The molecule has 0 radical (unpaired) electrons. The number of rotatable bonds is 30. The number of allylic oxidation sites excluding steroid dienone is 2. The van der Waals surface area contributed by atoms with Crippen molar-refractivity contribution < 1.29 is 9.53 Å². The second-order valence-corrected chi connectivity index (χ2v) is 11.2. The molecule has 0 bridgehead atoms. The van der Waals surface area contributed by atoms with Crippen molar-refractivity contribution in [3.63, 3.8) is 0 Å². The van der Waals surface area contributed by atoms with Gasteiger partial charge in [-0.25, -0.2) is 0 Å². The molecule has 0 atom stereocenters. The highest BCUT2D eigenvalue weighted by Gasteiger charge is 2.02. The van der Waals surface area contributed by atoms with E-state index in [-0.39, 0.29) is 5.97 Å². The average Bonchev–Trinajstić information content (AvgIpc) is 2.88. The fourth-order valence-corrected chi connectivity index (χ4v) is 4.89. The van der Waals surface area contributed by atoms with Crippen LogP contribution in [0.4, 0.5) is 0 Å². The zero-order valence-corrected chi connectivity index (χ0v) is 25.0. The van der Waals surface area contributed by atoms with Crippen LogP contribution in [0.5, 0.6) is 0 Å². The lowest BCUT2D eigenvalue weighted by molar-refractivity contribution is -0.143. The molecule has 0 saturated carbocycles. The van der Waals surface area contributed by atoms with Gasteiger partial charge in [0.2, 0.25) is 0 Å². The number of unbranched alkanes of at least 4 members (excludes halogenated alkanes) is 24. The molecule has 2 heteroatoms. The molecule has 0 aliphatic heterocycles. The van der Waals surface area contributed by atoms with Crippen LogP contribution in [0, 0.1) is 0 Å². The first-order chi connectivity index (χ1) is 17.8. The first-order valence-corrected chi connectivity index (χ1v) is 16.6. The van der Waals surface area contributed by atoms with Crippen LogP contribution in [0.2, 0.25) is 0 Å². The van der Waals surface area contributed by atoms with Crippen molar-refractivity contribution in [2.24, 2.45) is 0 Å². The molecule has 0 N–H and O–H groups in total. The Bertz CT molecular complexity index is 442. The monoisotopic (exact) mass is 507 g/mol. The lowest BCUT2D eigenvalue weighted by atomic mass is 10.0. The van der Waals surface area contributed by atoms with Crippen molar-refractivity contribution in [2.45, 2.75) is 194 Å². The maximum absolute atomic E-state index is 11.9. The first-order valence-electron chi connectivity index (χ1n) is 16.6. The molecule has 0 spiro atoms. The predicted molar refractivity (Wildman–Crippen MR) is 161 cm³/mol. The van der Waals surface area contributed by atoms with E-state index in [0.29, 0.717) is 13.0 Å². The van der Waals surface area contributed by atoms with Crippen molar-refractivity contribution >= 4 is 5.97 Å². The number of ether oxygens (including phenoxy) is 1. The average molecular weight is 507 g/mol. The van der Waals surface area contributed by atoms with Gasteiger partial charge in [-0.3, -0.25) is 4.79 Å². The van der Waals surface area contributed by atoms with Crippen LogP contribution in [-0.2, 0) is 9.53 Å². The molecule has 36 heavy (non-hydrogen) atoms. The van der Waals surface area contributed by atoms with E-state index in [0.717, 1.165) is 19.3 Å². The first kappa shape index (κ1) is 35.2. The van der Waals surface area contributed by atoms with Gasteiger partial charge in [0, 0.05) is 6.42 Å². The van der Waals surface area contributed by atoms with Crippen LogP contribution < -0.4 is 0 Å². The van der Waals surface area contributed by atoms with Crippen molar-refractivity contribution in [1.82, 2.24) is 0 Å². The van der Waals surface area contributed by atoms with Gasteiger partial charge in [-0.15, -0.1) is 0 Å². The van der Waals surface area contributed by atoms with E-state index in [1.165, 1.54) is 154 Å². The maximum atomic E-state index is 11.9. The summed E-state index contributed by atoms with van der Waals surface area (Å²) in [6.45, 7) is 5.18. The van der Waals surface area contributed by atoms with Gasteiger partial charge in [-0.05, 0) is 44.9 Å². The van der Waals surface area contributed by atoms with E-state index in [2.05, 4.69) is 26.0 Å². The van der Waals surface area contributed by atoms with Crippen LogP contribution >= 0.6 is 0 Å². The van der Waals surface area contributed by atoms with Crippen molar-refractivity contribution in [1.29, 1.82) is 0 Å². The Morgan fingerprint density at radius 2 is 0.778 bits per heavy atom. The third-order valence-corrected chi connectivity index (χ3v) is 7.40. The Morgan fingerprint density at radius 1 is 0.444 bits per heavy atom. The third kappa shape index (κ3) is 31.2. The van der Waals surface area contributed by atoms with E-state index >= 15 is 0 Å². The fourth-order valence-electron chi connectivity index (χ4n) is 4.89. The molecule has 0 aromatic carbocycles. The minimum absolute atomic E-state index is 0.0129. The van der Waals surface area contributed by atoms with Crippen LogP contribution in [0.1, 0.15) is 194 Å². The lowest BCUT2D eigenvalue weighted by Crippen LogP contribution is -2.05. The smallest absolute Gasteiger partial charge is 0.305 e. The summed E-state index contributed by atoms with van der Waals surface area (Å²) in [7, 11) is 0.